The Balaban J connectivity index is 2.69. The molecule has 0 atom stereocenters. The Morgan fingerprint density at radius 3 is 2.85 bits per heavy atom. The number of hydrogen-bond donors (Lipinski definition) is 0. The smallest absolute Gasteiger partial charge is 0.136 e. The van der Waals surface area contributed by atoms with Crippen LogP contribution in [-0.4, -0.2) is 5.75 Å². The lowest BCUT2D eigenvalue weighted by atomic mass is 10.3. The van der Waals surface area contributed by atoms with Crippen molar-refractivity contribution < 1.29 is 8.78 Å². The van der Waals surface area contributed by atoms with E-state index >= 15 is 0 Å². The van der Waals surface area contributed by atoms with E-state index in [1.165, 1.54) is 23.4 Å². The standard InChI is InChI=1S/C9H7ClF2S/c10-4-1-5-13-9-6-7(11)2-3-8(9)12/h1-4,6H,5H2/b4-1+. The van der Waals surface area contributed by atoms with E-state index in [4.69, 9.17) is 11.6 Å². The van der Waals surface area contributed by atoms with E-state index in [9.17, 15) is 8.78 Å². The van der Waals surface area contributed by atoms with E-state index in [1.54, 1.807) is 6.08 Å². The van der Waals surface area contributed by atoms with Crippen LogP contribution in [-0.2, 0) is 0 Å². The lowest BCUT2D eigenvalue weighted by molar-refractivity contribution is 0.577. The van der Waals surface area contributed by atoms with Crippen molar-refractivity contribution in [3.63, 3.8) is 0 Å². The quantitative estimate of drug-likeness (QED) is 0.698. The molecule has 13 heavy (non-hydrogen) atoms. The average molecular weight is 221 g/mol. The molecule has 70 valence electrons. The van der Waals surface area contributed by atoms with Crippen molar-refractivity contribution in [2.45, 2.75) is 4.90 Å². The first-order valence-corrected chi connectivity index (χ1v) is 4.99. The Labute approximate surface area is 84.6 Å². The SMILES string of the molecule is Fc1ccc(F)c(SC/C=C/Cl)c1. The summed E-state index contributed by atoms with van der Waals surface area (Å²) in [5.74, 6) is -0.308. The summed E-state index contributed by atoms with van der Waals surface area (Å²) in [6.07, 6.45) is 1.66. The molecule has 0 aliphatic carbocycles. The molecule has 1 rings (SSSR count). The minimum Gasteiger partial charge on any atom is -0.207 e. The maximum atomic E-state index is 13.0. The van der Waals surface area contributed by atoms with Crippen LogP contribution in [0.1, 0.15) is 0 Å². The number of hydrogen-bond acceptors (Lipinski definition) is 1. The van der Waals surface area contributed by atoms with Crippen molar-refractivity contribution in [2.75, 3.05) is 5.75 Å². The molecule has 0 amide bonds. The van der Waals surface area contributed by atoms with Crippen LogP contribution in [0.2, 0.25) is 0 Å². The fraction of sp³-hybridized carbons (Fsp3) is 0.111. The Morgan fingerprint density at radius 2 is 2.15 bits per heavy atom. The van der Waals surface area contributed by atoms with Gasteiger partial charge in [0.15, 0.2) is 0 Å². The van der Waals surface area contributed by atoms with Gasteiger partial charge in [-0.25, -0.2) is 8.78 Å². The molecular weight excluding hydrogens is 214 g/mol. The van der Waals surface area contributed by atoms with Crippen molar-refractivity contribution in [1.29, 1.82) is 0 Å². The van der Waals surface area contributed by atoms with Gasteiger partial charge in [-0.15, -0.1) is 11.8 Å². The van der Waals surface area contributed by atoms with E-state index in [0.29, 0.717) is 10.6 Å². The van der Waals surface area contributed by atoms with Crippen LogP contribution in [0.15, 0.2) is 34.7 Å². The summed E-state index contributed by atoms with van der Waals surface area (Å²) < 4.78 is 25.6. The van der Waals surface area contributed by atoms with Gasteiger partial charge in [-0.2, -0.15) is 0 Å². The molecule has 1 aromatic rings. The molecule has 0 aromatic heterocycles. The van der Waals surface area contributed by atoms with Crippen molar-refractivity contribution in [3.05, 3.63) is 41.4 Å². The number of rotatable bonds is 3. The first-order valence-electron chi connectivity index (χ1n) is 3.57. The Bertz CT molecular complexity index is 312. The molecule has 0 fully saturated rings. The van der Waals surface area contributed by atoms with Crippen LogP contribution >= 0.6 is 23.4 Å². The highest BCUT2D eigenvalue weighted by Gasteiger charge is 2.02. The van der Waals surface area contributed by atoms with E-state index in [0.717, 1.165) is 12.1 Å². The summed E-state index contributed by atoms with van der Waals surface area (Å²) in [6, 6.07) is 3.38. The number of benzene rings is 1. The molecule has 0 aliphatic heterocycles. The van der Waals surface area contributed by atoms with Crippen LogP contribution in [0.5, 0.6) is 0 Å². The molecule has 0 bridgehead atoms. The normalized spacial score (nSPS) is 11.0. The third-order valence-electron chi connectivity index (χ3n) is 1.32. The van der Waals surface area contributed by atoms with Gasteiger partial charge in [-0.1, -0.05) is 17.7 Å². The van der Waals surface area contributed by atoms with Crippen LogP contribution < -0.4 is 0 Å². The van der Waals surface area contributed by atoms with Gasteiger partial charge < -0.3 is 0 Å². The van der Waals surface area contributed by atoms with Gasteiger partial charge >= 0.3 is 0 Å². The van der Waals surface area contributed by atoms with Gasteiger partial charge in [0, 0.05) is 16.2 Å². The second-order valence-electron chi connectivity index (χ2n) is 2.25. The summed E-state index contributed by atoms with van der Waals surface area (Å²) >= 11 is 6.48. The lowest BCUT2D eigenvalue weighted by Crippen LogP contribution is -1.83. The van der Waals surface area contributed by atoms with Crippen molar-refractivity contribution >= 4 is 23.4 Å². The van der Waals surface area contributed by atoms with Gasteiger partial charge in [-0.3, -0.25) is 0 Å². The van der Waals surface area contributed by atoms with E-state index < -0.39 is 11.6 Å². The number of halogens is 3. The maximum absolute atomic E-state index is 13.0. The van der Waals surface area contributed by atoms with Crippen LogP contribution in [0.3, 0.4) is 0 Å². The summed E-state index contributed by atoms with van der Waals surface area (Å²) in [5, 5.41) is 0. The van der Waals surface area contributed by atoms with E-state index in [1.807, 2.05) is 0 Å². The second-order valence-corrected chi connectivity index (χ2v) is 3.56. The molecule has 0 unspecified atom stereocenters. The van der Waals surface area contributed by atoms with E-state index in [2.05, 4.69) is 0 Å². The van der Waals surface area contributed by atoms with Gasteiger partial charge in [0.25, 0.3) is 0 Å². The topological polar surface area (TPSA) is 0 Å². The predicted octanol–water partition coefficient (Wildman–Crippen LogP) is 3.81. The molecule has 0 saturated heterocycles. The lowest BCUT2D eigenvalue weighted by Gasteiger charge is -1.99. The fourth-order valence-electron chi connectivity index (χ4n) is 0.762. The molecule has 0 nitrogen and oxygen atoms in total. The summed E-state index contributed by atoms with van der Waals surface area (Å²) in [7, 11) is 0. The third kappa shape index (κ3) is 3.36. The van der Waals surface area contributed by atoms with Crippen molar-refractivity contribution in [3.8, 4) is 0 Å². The monoisotopic (exact) mass is 220 g/mol. The van der Waals surface area contributed by atoms with Gasteiger partial charge in [0.05, 0.1) is 0 Å². The Morgan fingerprint density at radius 1 is 1.38 bits per heavy atom. The second kappa shape index (κ2) is 5.25. The van der Waals surface area contributed by atoms with Crippen LogP contribution in [0.25, 0.3) is 0 Å². The summed E-state index contributed by atoms with van der Waals surface area (Å²) in [6.45, 7) is 0. The van der Waals surface area contributed by atoms with Gasteiger partial charge in [0.2, 0.25) is 0 Å². The molecule has 0 aliphatic rings. The zero-order valence-electron chi connectivity index (χ0n) is 6.64. The van der Waals surface area contributed by atoms with Gasteiger partial charge in [0.1, 0.15) is 11.6 Å². The highest BCUT2D eigenvalue weighted by Crippen LogP contribution is 2.22. The predicted molar refractivity (Wildman–Crippen MR) is 52.1 cm³/mol. The Kier molecular flexibility index (Phi) is 4.25. The molecule has 0 N–H and O–H groups in total. The largest absolute Gasteiger partial charge is 0.207 e. The minimum absolute atomic E-state index is 0.301. The highest BCUT2D eigenvalue weighted by atomic mass is 35.5. The molecule has 4 heteroatoms. The third-order valence-corrected chi connectivity index (χ3v) is 2.48. The highest BCUT2D eigenvalue weighted by molar-refractivity contribution is 7.99. The zero-order chi connectivity index (χ0) is 9.68. The summed E-state index contributed by atoms with van der Waals surface area (Å²) in [4.78, 5) is 0.301. The first kappa shape index (κ1) is 10.5. The van der Waals surface area contributed by atoms with Gasteiger partial charge in [-0.05, 0) is 18.2 Å². The zero-order valence-corrected chi connectivity index (χ0v) is 8.21. The molecule has 1 aromatic carbocycles. The van der Waals surface area contributed by atoms with Crippen LogP contribution in [0.4, 0.5) is 8.78 Å². The number of thioether (sulfide) groups is 1. The molecule has 0 radical (unpaired) electrons. The average Bonchev–Trinajstić information content (AvgIpc) is 2.11. The van der Waals surface area contributed by atoms with Crippen molar-refractivity contribution in [2.24, 2.45) is 0 Å². The molecule has 0 saturated carbocycles. The molecule has 0 heterocycles. The fourth-order valence-corrected chi connectivity index (χ4v) is 1.73. The van der Waals surface area contributed by atoms with Crippen LogP contribution in [0, 0.1) is 11.6 Å². The minimum atomic E-state index is -0.432. The molecular formula is C9H7ClF2S. The maximum Gasteiger partial charge on any atom is 0.136 e. The summed E-state index contributed by atoms with van der Waals surface area (Å²) in [5.41, 5.74) is 1.35. The molecule has 0 spiro atoms. The van der Waals surface area contributed by atoms with Crippen molar-refractivity contribution in [1.82, 2.24) is 0 Å². The Hall–Kier alpha value is -0.540. The first-order chi connectivity index (χ1) is 6.24. The van der Waals surface area contributed by atoms with E-state index in [-0.39, 0.29) is 0 Å².